The molecule has 1 aromatic heterocycles. The van der Waals surface area contributed by atoms with Gasteiger partial charge in [-0.2, -0.15) is 0 Å². The Bertz CT molecular complexity index is 812. The minimum Gasteiger partial charge on any atom is -0.376 e. The summed E-state index contributed by atoms with van der Waals surface area (Å²) in [6.07, 6.45) is 4.89. The van der Waals surface area contributed by atoms with Crippen LogP contribution in [0.2, 0.25) is 0 Å². The Kier molecular flexibility index (Phi) is 6.44. The average Bonchev–Trinajstić information content (AvgIpc) is 3.48. The predicted molar refractivity (Wildman–Crippen MR) is 114 cm³/mol. The summed E-state index contributed by atoms with van der Waals surface area (Å²) in [5, 5.41) is 12.0. The van der Waals surface area contributed by atoms with Crippen LogP contribution in [0.3, 0.4) is 0 Å². The van der Waals surface area contributed by atoms with Gasteiger partial charge in [0.25, 0.3) is 0 Å². The first-order valence-corrected chi connectivity index (χ1v) is 10.7. The number of ether oxygens (including phenoxy) is 1. The Hall–Kier alpha value is -2.41. The van der Waals surface area contributed by atoms with Crippen LogP contribution in [0.5, 0.6) is 0 Å². The summed E-state index contributed by atoms with van der Waals surface area (Å²) in [6, 6.07) is 10.8. The first-order chi connectivity index (χ1) is 14.2. The molecule has 2 saturated heterocycles. The second-order valence-corrected chi connectivity index (χ2v) is 8.17. The largest absolute Gasteiger partial charge is 0.376 e. The van der Waals surface area contributed by atoms with Gasteiger partial charge in [0.15, 0.2) is 11.8 Å². The molecule has 2 unspecified atom stereocenters. The molecular weight excluding hydrogens is 364 g/mol. The molecule has 156 valence electrons. The molecule has 0 aliphatic carbocycles. The van der Waals surface area contributed by atoms with Gasteiger partial charge in [0.1, 0.15) is 12.4 Å². The molecule has 0 amide bonds. The standard InChI is InChI=1S/C22H32N6O/c1-17-25-26-21(27(17)2)15-24-22(23-14-20-9-6-12-29-20)28-11-10-19(16-28)13-18-7-4-3-5-8-18/h3-5,7-8,19-20H,6,9-16H2,1-2H3,(H,23,24). The van der Waals surface area contributed by atoms with Crippen molar-refractivity contribution in [3.63, 3.8) is 0 Å². The van der Waals surface area contributed by atoms with Gasteiger partial charge < -0.3 is 19.5 Å². The molecule has 0 radical (unpaired) electrons. The van der Waals surface area contributed by atoms with Gasteiger partial charge in [-0.1, -0.05) is 30.3 Å². The minimum absolute atomic E-state index is 0.292. The van der Waals surface area contributed by atoms with Crippen LogP contribution in [0.1, 0.15) is 36.5 Å². The number of likely N-dealkylation sites (tertiary alicyclic amines) is 1. The molecule has 7 nitrogen and oxygen atoms in total. The van der Waals surface area contributed by atoms with Crippen LogP contribution in [0, 0.1) is 12.8 Å². The summed E-state index contributed by atoms with van der Waals surface area (Å²) in [5.41, 5.74) is 1.42. The van der Waals surface area contributed by atoms with Crippen molar-refractivity contribution in [3.05, 3.63) is 47.5 Å². The molecule has 29 heavy (non-hydrogen) atoms. The van der Waals surface area contributed by atoms with E-state index in [2.05, 4.69) is 50.7 Å². The third kappa shape index (κ3) is 5.15. The molecular formula is C22H32N6O. The van der Waals surface area contributed by atoms with E-state index in [-0.39, 0.29) is 0 Å². The van der Waals surface area contributed by atoms with Gasteiger partial charge in [-0.05, 0) is 44.1 Å². The van der Waals surface area contributed by atoms with Crippen molar-refractivity contribution in [2.24, 2.45) is 18.0 Å². The maximum atomic E-state index is 5.79. The van der Waals surface area contributed by atoms with E-state index in [0.717, 1.165) is 63.1 Å². The summed E-state index contributed by atoms with van der Waals surface area (Å²) in [7, 11) is 1.99. The third-order valence-electron chi connectivity index (χ3n) is 6.02. The van der Waals surface area contributed by atoms with Gasteiger partial charge in [0.2, 0.25) is 0 Å². The highest BCUT2D eigenvalue weighted by atomic mass is 16.5. The van der Waals surface area contributed by atoms with Gasteiger partial charge in [-0.25, -0.2) is 4.99 Å². The highest BCUT2D eigenvalue weighted by Crippen LogP contribution is 2.21. The average molecular weight is 397 g/mol. The number of rotatable bonds is 6. The van der Waals surface area contributed by atoms with Crippen LogP contribution in [0.15, 0.2) is 35.3 Å². The molecule has 2 aliphatic heterocycles. The SMILES string of the molecule is Cc1nnc(CN=C(NCC2CCCO2)N2CCC(Cc3ccccc3)C2)n1C. The van der Waals surface area contributed by atoms with E-state index in [9.17, 15) is 0 Å². The fourth-order valence-electron chi connectivity index (χ4n) is 4.15. The molecule has 4 rings (SSSR count). The number of benzene rings is 1. The highest BCUT2D eigenvalue weighted by molar-refractivity contribution is 5.80. The van der Waals surface area contributed by atoms with Crippen molar-refractivity contribution in [1.29, 1.82) is 0 Å². The van der Waals surface area contributed by atoms with E-state index >= 15 is 0 Å². The van der Waals surface area contributed by atoms with E-state index in [4.69, 9.17) is 9.73 Å². The monoisotopic (exact) mass is 396 g/mol. The topological polar surface area (TPSA) is 67.6 Å². The lowest BCUT2D eigenvalue weighted by Gasteiger charge is -2.23. The fourth-order valence-corrected chi connectivity index (χ4v) is 4.15. The van der Waals surface area contributed by atoms with Gasteiger partial charge >= 0.3 is 0 Å². The molecule has 2 aromatic rings. The lowest BCUT2D eigenvalue weighted by molar-refractivity contribution is 0.113. The molecule has 3 heterocycles. The summed E-state index contributed by atoms with van der Waals surface area (Å²) in [4.78, 5) is 7.30. The summed E-state index contributed by atoms with van der Waals surface area (Å²) in [6.45, 7) is 6.25. The van der Waals surface area contributed by atoms with Crippen molar-refractivity contribution in [2.45, 2.75) is 45.3 Å². The molecule has 2 fully saturated rings. The quantitative estimate of drug-likeness (QED) is 0.600. The van der Waals surface area contributed by atoms with E-state index in [1.54, 1.807) is 0 Å². The van der Waals surface area contributed by atoms with E-state index in [1.165, 1.54) is 12.0 Å². The number of hydrogen-bond acceptors (Lipinski definition) is 4. The van der Waals surface area contributed by atoms with Crippen molar-refractivity contribution in [1.82, 2.24) is 25.0 Å². The number of aromatic nitrogens is 3. The predicted octanol–water partition coefficient (Wildman–Crippen LogP) is 2.31. The number of nitrogens with one attached hydrogen (secondary N) is 1. The van der Waals surface area contributed by atoms with Gasteiger partial charge in [-0.15, -0.1) is 10.2 Å². The molecule has 1 aromatic carbocycles. The second kappa shape index (κ2) is 9.39. The van der Waals surface area contributed by atoms with Crippen molar-refractivity contribution < 1.29 is 4.74 Å². The zero-order chi connectivity index (χ0) is 20.1. The zero-order valence-corrected chi connectivity index (χ0v) is 17.5. The summed E-state index contributed by atoms with van der Waals surface area (Å²) in [5.74, 6) is 3.42. The Labute approximate surface area is 173 Å². The Morgan fingerprint density at radius 1 is 1.24 bits per heavy atom. The van der Waals surface area contributed by atoms with Gasteiger partial charge in [-0.3, -0.25) is 0 Å². The fraction of sp³-hybridized carbons (Fsp3) is 0.591. The number of guanidine groups is 1. The first kappa shape index (κ1) is 19.9. The number of aryl methyl sites for hydroxylation is 1. The molecule has 0 spiro atoms. The van der Waals surface area contributed by atoms with Crippen LogP contribution in [-0.4, -0.2) is 58.0 Å². The smallest absolute Gasteiger partial charge is 0.194 e. The van der Waals surface area contributed by atoms with Crippen LogP contribution < -0.4 is 5.32 Å². The Morgan fingerprint density at radius 2 is 2.10 bits per heavy atom. The minimum atomic E-state index is 0.292. The van der Waals surface area contributed by atoms with Crippen molar-refractivity contribution in [2.75, 3.05) is 26.2 Å². The van der Waals surface area contributed by atoms with Crippen LogP contribution in [0.4, 0.5) is 0 Å². The van der Waals surface area contributed by atoms with Crippen LogP contribution in [-0.2, 0) is 24.8 Å². The van der Waals surface area contributed by atoms with Crippen LogP contribution in [0.25, 0.3) is 0 Å². The number of hydrogen-bond donors (Lipinski definition) is 1. The third-order valence-corrected chi connectivity index (χ3v) is 6.02. The van der Waals surface area contributed by atoms with Gasteiger partial charge in [0, 0.05) is 33.3 Å². The molecule has 2 atom stereocenters. The van der Waals surface area contributed by atoms with Crippen molar-refractivity contribution in [3.8, 4) is 0 Å². The maximum absolute atomic E-state index is 5.79. The number of aliphatic imine (C=N–C) groups is 1. The molecule has 1 N–H and O–H groups in total. The first-order valence-electron chi connectivity index (χ1n) is 10.7. The summed E-state index contributed by atoms with van der Waals surface area (Å²) < 4.78 is 7.79. The lowest BCUT2D eigenvalue weighted by atomic mass is 9.99. The Morgan fingerprint density at radius 3 is 2.83 bits per heavy atom. The maximum Gasteiger partial charge on any atom is 0.194 e. The van der Waals surface area contributed by atoms with Crippen LogP contribution >= 0.6 is 0 Å². The summed E-state index contributed by atoms with van der Waals surface area (Å²) >= 11 is 0. The zero-order valence-electron chi connectivity index (χ0n) is 17.5. The highest BCUT2D eigenvalue weighted by Gasteiger charge is 2.26. The molecule has 0 saturated carbocycles. The normalized spacial score (nSPS) is 22.4. The van der Waals surface area contributed by atoms with Crippen molar-refractivity contribution >= 4 is 5.96 Å². The van der Waals surface area contributed by atoms with Gasteiger partial charge in [0.05, 0.1) is 6.10 Å². The Balaban J connectivity index is 1.41. The lowest BCUT2D eigenvalue weighted by Crippen LogP contribution is -2.43. The molecule has 7 heteroatoms. The van der Waals surface area contributed by atoms with E-state index in [1.807, 2.05) is 18.5 Å². The second-order valence-electron chi connectivity index (χ2n) is 8.17. The molecule has 0 bridgehead atoms. The number of nitrogens with zero attached hydrogens (tertiary/aromatic N) is 5. The molecule has 2 aliphatic rings. The van der Waals surface area contributed by atoms with E-state index in [0.29, 0.717) is 18.6 Å². The van der Waals surface area contributed by atoms with E-state index < -0.39 is 0 Å².